The Morgan fingerprint density at radius 3 is 3.00 bits per heavy atom. The van der Waals surface area contributed by atoms with Crippen LogP contribution in [0.3, 0.4) is 0 Å². The molecule has 1 fully saturated rings. The van der Waals surface area contributed by atoms with Crippen molar-refractivity contribution >= 4 is 23.0 Å². The zero-order valence-electron chi connectivity index (χ0n) is 11.0. The highest BCUT2D eigenvalue weighted by Gasteiger charge is 2.22. The Morgan fingerprint density at radius 2 is 2.33 bits per heavy atom. The van der Waals surface area contributed by atoms with Gasteiger partial charge in [0.25, 0.3) is 0 Å². The van der Waals surface area contributed by atoms with Gasteiger partial charge in [-0.05, 0) is 38.6 Å². The van der Waals surface area contributed by atoms with Gasteiger partial charge in [-0.1, -0.05) is 18.3 Å². The zero-order chi connectivity index (χ0) is 13.1. The van der Waals surface area contributed by atoms with Crippen LogP contribution in [0.15, 0.2) is 18.2 Å². The minimum absolute atomic E-state index is 0.353. The van der Waals surface area contributed by atoms with Crippen molar-refractivity contribution < 1.29 is 0 Å². The highest BCUT2D eigenvalue weighted by atomic mass is 32.1. The quantitative estimate of drug-likeness (QED) is 0.832. The minimum Gasteiger partial charge on any atom is -0.388 e. The lowest BCUT2D eigenvalue weighted by atomic mass is 10.1. The summed E-state index contributed by atoms with van der Waals surface area (Å²) in [5, 5.41) is 0. The third-order valence-corrected chi connectivity index (χ3v) is 3.70. The number of hydrogen-bond acceptors (Lipinski definition) is 4. The smallest absolute Gasteiger partial charge is 0.129 e. The van der Waals surface area contributed by atoms with Crippen molar-refractivity contribution in [1.82, 2.24) is 9.88 Å². The largest absolute Gasteiger partial charge is 0.388 e. The molecular formula is C13H20N4S. The molecule has 0 spiro atoms. The number of pyridine rings is 1. The van der Waals surface area contributed by atoms with Crippen molar-refractivity contribution in [2.45, 2.75) is 18.9 Å². The predicted molar refractivity (Wildman–Crippen MR) is 79.0 cm³/mol. The van der Waals surface area contributed by atoms with Crippen LogP contribution in [0.25, 0.3) is 0 Å². The molecule has 4 nitrogen and oxygen atoms in total. The Hall–Kier alpha value is -1.20. The molecule has 1 atom stereocenters. The van der Waals surface area contributed by atoms with Crippen molar-refractivity contribution in [2.75, 3.05) is 32.1 Å². The molecule has 0 aliphatic carbocycles. The number of nitrogens with two attached hydrogens (primary N) is 1. The Morgan fingerprint density at radius 1 is 1.56 bits per heavy atom. The fourth-order valence-electron chi connectivity index (χ4n) is 2.40. The van der Waals surface area contributed by atoms with E-state index in [4.69, 9.17) is 18.0 Å². The fourth-order valence-corrected chi connectivity index (χ4v) is 2.51. The van der Waals surface area contributed by atoms with E-state index in [1.54, 1.807) is 0 Å². The second-order valence-electron chi connectivity index (χ2n) is 4.91. The molecule has 1 unspecified atom stereocenters. The van der Waals surface area contributed by atoms with E-state index in [0.29, 0.717) is 16.7 Å². The monoisotopic (exact) mass is 264 g/mol. The molecule has 1 aromatic rings. The van der Waals surface area contributed by atoms with Gasteiger partial charge >= 0.3 is 0 Å². The van der Waals surface area contributed by atoms with Gasteiger partial charge in [0, 0.05) is 19.6 Å². The summed E-state index contributed by atoms with van der Waals surface area (Å²) in [4.78, 5) is 9.46. The average Bonchev–Trinajstić information content (AvgIpc) is 2.38. The van der Waals surface area contributed by atoms with Crippen molar-refractivity contribution in [2.24, 2.45) is 5.73 Å². The van der Waals surface area contributed by atoms with E-state index >= 15 is 0 Å². The van der Waals surface area contributed by atoms with Gasteiger partial charge in [0.05, 0.1) is 5.69 Å². The lowest BCUT2D eigenvalue weighted by Crippen LogP contribution is -2.45. The highest BCUT2D eigenvalue weighted by Crippen LogP contribution is 2.19. The maximum atomic E-state index is 5.63. The summed E-state index contributed by atoms with van der Waals surface area (Å²) >= 11 is 4.97. The standard InChI is InChI=1S/C13H20N4S/c1-16-8-4-5-10(9-16)17(2)12-7-3-6-11(15-12)13(14)18/h3,6-7,10H,4-5,8-9H2,1-2H3,(H2,14,18). The molecule has 2 N–H and O–H groups in total. The first-order chi connectivity index (χ1) is 8.58. The van der Waals surface area contributed by atoms with Crippen LogP contribution in [0.4, 0.5) is 5.82 Å². The number of hydrogen-bond donors (Lipinski definition) is 1. The van der Waals surface area contributed by atoms with Gasteiger partial charge in [0.2, 0.25) is 0 Å². The Balaban J connectivity index is 2.14. The maximum absolute atomic E-state index is 5.63. The summed E-state index contributed by atoms with van der Waals surface area (Å²) in [6.07, 6.45) is 2.44. The summed E-state index contributed by atoms with van der Waals surface area (Å²) in [7, 11) is 4.26. The summed E-state index contributed by atoms with van der Waals surface area (Å²) in [5.41, 5.74) is 6.32. The molecule has 2 rings (SSSR count). The van der Waals surface area contributed by atoms with Gasteiger partial charge in [0.1, 0.15) is 10.8 Å². The van der Waals surface area contributed by atoms with Gasteiger partial charge in [-0.15, -0.1) is 0 Å². The van der Waals surface area contributed by atoms with Crippen molar-refractivity contribution in [1.29, 1.82) is 0 Å². The van der Waals surface area contributed by atoms with E-state index in [2.05, 4.69) is 28.9 Å². The first-order valence-corrected chi connectivity index (χ1v) is 6.67. The third-order valence-electron chi connectivity index (χ3n) is 3.50. The number of thiocarbonyl (C=S) groups is 1. The SMILES string of the molecule is CN1CCCC(N(C)c2cccc(C(N)=S)n2)C1. The number of nitrogens with zero attached hydrogens (tertiary/aromatic N) is 3. The van der Waals surface area contributed by atoms with Crippen molar-refractivity contribution in [3.05, 3.63) is 23.9 Å². The normalized spacial score (nSPS) is 20.7. The van der Waals surface area contributed by atoms with Gasteiger partial charge in [-0.2, -0.15) is 0 Å². The molecule has 98 valence electrons. The molecular weight excluding hydrogens is 244 g/mol. The first-order valence-electron chi connectivity index (χ1n) is 6.26. The van der Waals surface area contributed by atoms with Crippen molar-refractivity contribution in [3.8, 4) is 0 Å². The molecule has 1 aromatic heterocycles. The molecule has 0 aromatic carbocycles. The summed E-state index contributed by atoms with van der Waals surface area (Å²) < 4.78 is 0. The molecule has 1 aliphatic heterocycles. The van der Waals surface area contributed by atoms with Crippen LogP contribution in [0.1, 0.15) is 18.5 Å². The van der Waals surface area contributed by atoms with Crippen molar-refractivity contribution in [3.63, 3.8) is 0 Å². The van der Waals surface area contributed by atoms with Gasteiger partial charge in [-0.3, -0.25) is 0 Å². The van der Waals surface area contributed by atoms with Crippen LogP contribution in [0, 0.1) is 0 Å². The van der Waals surface area contributed by atoms with Gasteiger partial charge in [-0.25, -0.2) is 4.98 Å². The van der Waals surface area contributed by atoms with E-state index < -0.39 is 0 Å². The van der Waals surface area contributed by atoms with Gasteiger partial charge in [0.15, 0.2) is 0 Å². The first kappa shape index (κ1) is 13.2. The second-order valence-corrected chi connectivity index (χ2v) is 5.35. The highest BCUT2D eigenvalue weighted by molar-refractivity contribution is 7.80. The van der Waals surface area contributed by atoms with E-state index in [1.165, 1.54) is 19.4 Å². The summed E-state index contributed by atoms with van der Waals surface area (Å²) in [5.74, 6) is 0.945. The van der Waals surface area contributed by atoms with Gasteiger partial charge < -0.3 is 15.5 Å². The average molecular weight is 264 g/mol. The Bertz CT molecular complexity index is 435. The molecule has 18 heavy (non-hydrogen) atoms. The van der Waals surface area contributed by atoms with Crippen LogP contribution in [-0.4, -0.2) is 48.1 Å². The Labute approximate surface area is 114 Å². The number of likely N-dealkylation sites (tertiary alicyclic amines) is 1. The molecule has 0 radical (unpaired) electrons. The summed E-state index contributed by atoms with van der Waals surface area (Å²) in [6.45, 7) is 2.26. The molecule has 1 aliphatic rings. The fraction of sp³-hybridized carbons (Fsp3) is 0.538. The molecule has 5 heteroatoms. The molecule has 2 heterocycles. The third kappa shape index (κ3) is 2.97. The van der Waals surface area contributed by atoms with E-state index in [-0.39, 0.29) is 0 Å². The van der Waals surface area contributed by atoms with Crippen LogP contribution in [-0.2, 0) is 0 Å². The lowest BCUT2D eigenvalue weighted by Gasteiger charge is -2.36. The van der Waals surface area contributed by atoms with E-state index in [0.717, 1.165) is 12.4 Å². The number of anilines is 1. The van der Waals surface area contributed by atoms with Crippen LogP contribution in [0.2, 0.25) is 0 Å². The van der Waals surface area contributed by atoms with E-state index in [1.807, 2.05) is 18.2 Å². The molecule has 0 amide bonds. The topological polar surface area (TPSA) is 45.4 Å². The summed E-state index contributed by atoms with van der Waals surface area (Å²) in [6, 6.07) is 6.33. The Kier molecular flexibility index (Phi) is 4.14. The molecule has 1 saturated heterocycles. The number of aromatic nitrogens is 1. The second kappa shape index (κ2) is 5.63. The van der Waals surface area contributed by atoms with E-state index in [9.17, 15) is 0 Å². The number of likely N-dealkylation sites (N-methyl/N-ethyl adjacent to an activating group) is 2. The zero-order valence-corrected chi connectivity index (χ0v) is 11.8. The number of piperidine rings is 1. The molecule has 0 saturated carbocycles. The number of rotatable bonds is 3. The predicted octanol–water partition coefficient (Wildman–Crippen LogP) is 1.25. The van der Waals surface area contributed by atoms with Crippen LogP contribution >= 0.6 is 12.2 Å². The van der Waals surface area contributed by atoms with Crippen LogP contribution < -0.4 is 10.6 Å². The minimum atomic E-state index is 0.353. The molecule has 0 bridgehead atoms. The lowest BCUT2D eigenvalue weighted by molar-refractivity contribution is 0.247. The maximum Gasteiger partial charge on any atom is 0.129 e. The van der Waals surface area contributed by atoms with Crippen LogP contribution in [0.5, 0.6) is 0 Å².